The molecular weight excluding hydrogens is 288 g/mol. The van der Waals surface area contributed by atoms with Crippen LogP contribution in [-0.4, -0.2) is 17.5 Å². The van der Waals surface area contributed by atoms with Crippen molar-refractivity contribution < 1.29 is 14.6 Å². The van der Waals surface area contributed by atoms with E-state index in [4.69, 9.17) is 9.78 Å². The van der Waals surface area contributed by atoms with Gasteiger partial charge in [-0.25, -0.2) is 9.78 Å². The molecule has 0 amide bonds. The topological polar surface area (TPSA) is 35.5 Å². The zero-order valence-electron chi connectivity index (χ0n) is 15.1. The Bertz CT molecular complexity index is 525. The van der Waals surface area contributed by atoms with Crippen LogP contribution in [0.5, 0.6) is 0 Å². The summed E-state index contributed by atoms with van der Waals surface area (Å²) in [5.74, 6) is 0.459. The lowest BCUT2D eigenvalue weighted by molar-refractivity contribution is -0.415. The molecule has 0 aromatic carbocycles. The van der Waals surface area contributed by atoms with Crippen molar-refractivity contribution in [3.63, 3.8) is 0 Å². The van der Waals surface area contributed by atoms with Crippen molar-refractivity contribution in [2.45, 2.75) is 72.0 Å². The molecule has 0 aromatic rings. The Balaban J connectivity index is 1.96. The minimum Gasteiger partial charge on any atom is -0.299 e. The fourth-order valence-electron chi connectivity index (χ4n) is 3.24. The summed E-state index contributed by atoms with van der Waals surface area (Å²) in [7, 11) is 0. The Kier molecular flexibility index (Phi) is 5.99. The van der Waals surface area contributed by atoms with Crippen LogP contribution in [-0.2, 0) is 14.6 Å². The van der Waals surface area contributed by atoms with Gasteiger partial charge in [-0.3, -0.25) is 4.79 Å². The molecule has 4 atom stereocenters. The molecule has 0 spiro atoms. The van der Waals surface area contributed by atoms with E-state index in [1.807, 2.05) is 26.0 Å². The molecule has 1 saturated carbocycles. The van der Waals surface area contributed by atoms with Gasteiger partial charge in [-0.05, 0) is 53.0 Å². The van der Waals surface area contributed by atoms with Gasteiger partial charge < -0.3 is 0 Å². The molecule has 2 aliphatic rings. The van der Waals surface area contributed by atoms with Gasteiger partial charge in [-0.15, -0.1) is 0 Å². The highest BCUT2D eigenvalue weighted by molar-refractivity contribution is 5.82. The van der Waals surface area contributed by atoms with Crippen molar-refractivity contribution in [2.24, 2.45) is 11.8 Å². The SMILES string of the molecule is CC(C)=CCC/C(C)=C/C=C\[C@@]1(C)OO[C@@H]2C[C@H]1CC(=O)[C@@H]2C. The van der Waals surface area contributed by atoms with E-state index >= 15 is 0 Å². The smallest absolute Gasteiger partial charge is 0.138 e. The van der Waals surface area contributed by atoms with Crippen LogP contribution in [0.2, 0.25) is 0 Å². The summed E-state index contributed by atoms with van der Waals surface area (Å²) in [6.45, 7) is 10.3. The van der Waals surface area contributed by atoms with E-state index in [1.165, 1.54) is 11.1 Å². The highest BCUT2D eigenvalue weighted by Gasteiger charge is 2.48. The molecule has 0 radical (unpaired) electrons. The van der Waals surface area contributed by atoms with Crippen LogP contribution in [0.15, 0.2) is 35.5 Å². The molecule has 1 saturated heterocycles. The van der Waals surface area contributed by atoms with Gasteiger partial charge in [0.1, 0.15) is 17.5 Å². The molecule has 1 heterocycles. The first-order chi connectivity index (χ1) is 10.8. The molecule has 0 unspecified atom stereocenters. The van der Waals surface area contributed by atoms with Gasteiger partial charge in [-0.1, -0.05) is 36.3 Å². The van der Waals surface area contributed by atoms with Crippen molar-refractivity contribution in [1.82, 2.24) is 0 Å². The van der Waals surface area contributed by atoms with Crippen LogP contribution in [0.3, 0.4) is 0 Å². The summed E-state index contributed by atoms with van der Waals surface area (Å²) >= 11 is 0. The number of Topliss-reactive ketones (excluding diaryl/α,β-unsaturated/α-hetero) is 1. The first kappa shape index (κ1) is 18.2. The maximum Gasteiger partial charge on any atom is 0.138 e. The highest BCUT2D eigenvalue weighted by Crippen LogP contribution is 2.42. The zero-order valence-corrected chi connectivity index (χ0v) is 15.1. The number of allylic oxidation sites excluding steroid dienone is 5. The van der Waals surface area contributed by atoms with Gasteiger partial charge in [-0.2, -0.15) is 0 Å². The Morgan fingerprint density at radius 2 is 2.09 bits per heavy atom. The van der Waals surface area contributed by atoms with Gasteiger partial charge in [0.25, 0.3) is 0 Å². The van der Waals surface area contributed by atoms with Gasteiger partial charge in [0.15, 0.2) is 0 Å². The van der Waals surface area contributed by atoms with Crippen molar-refractivity contribution >= 4 is 5.78 Å². The number of carbonyl (C=O) groups is 1. The third-order valence-corrected chi connectivity index (χ3v) is 5.09. The number of hydrogen-bond donors (Lipinski definition) is 0. The van der Waals surface area contributed by atoms with Crippen LogP contribution in [0.25, 0.3) is 0 Å². The van der Waals surface area contributed by atoms with E-state index in [-0.39, 0.29) is 17.9 Å². The van der Waals surface area contributed by atoms with E-state index in [0.717, 1.165) is 19.3 Å². The summed E-state index contributed by atoms with van der Waals surface area (Å²) in [4.78, 5) is 23.2. The van der Waals surface area contributed by atoms with Crippen LogP contribution in [0.1, 0.15) is 60.3 Å². The standard InChI is InChI=1S/C20H30O3/c1-14(2)8-6-9-15(3)10-7-11-20(5)17-12-18(21)16(4)19(13-17)22-23-20/h7-8,10-11,16-17,19H,6,9,12-13H2,1-5H3/b11-7-,15-10+/t16-,17+,19+,20+/m0/s1. The quantitative estimate of drug-likeness (QED) is 0.409. The number of rotatable bonds is 5. The summed E-state index contributed by atoms with van der Waals surface area (Å²) in [5.41, 5.74) is 2.19. The third kappa shape index (κ3) is 4.65. The zero-order chi connectivity index (χ0) is 17.0. The van der Waals surface area contributed by atoms with Crippen molar-refractivity contribution in [1.29, 1.82) is 0 Å². The summed E-state index contributed by atoms with van der Waals surface area (Å²) in [6, 6.07) is 0. The van der Waals surface area contributed by atoms with Gasteiger partial charge in [0.2, 0.25) is 0 Å². The maximum absolute atomic E-state index is 12.1. The lowest BCUT2D eigenvalue weighted by atomic mass is 9.71. The normalized spacial score (nSPS) is 34.7. The lowest BCUT2D eigenvalue weighted by Gasteiger charge is -2.45. The van der Waals surface area contributed by atoms with Crippen molar-refractivity contribution in [2.75, 3.05) is 0 Å². The van der Waals surface area contributed by atoms with E-state index in [9.17, 15) is 4.79 Å². The van der Waals surface area contributed by atoms with Gasteiger partial charge in [0, 0.05) is 18.3 Å². The number of hydrogen-bond acceptors (Lipinski definition) is 3. The van der Waals surface area contributed by atoms with Crippen LogP contribution in [0, 0.1) is 11.8 Å². The maximum atomic E-state index is 12.1. The third-order valence-electron chi connectivity index (χ3n) is 5.09. The second-order valence-corrected chi connectivity index (χ2v) is 7.49. The second-order valence-electron chi connectivity index (χ2n) is 7.49. The molecule has 1 aliphatic carbocycles. The Morgan fingerprint density at radius 3 is 2.78 bits per heavy atom. The fourth-order valence-corrected chi connectivity index (χ4v) is 3.24. The van der Waals surface area contributed by atoms with Crippen LogP contribution >= 0.6 is 0 Å². The minimum atomic E-state index is -0.511. The largest absolute Gasteiger partial charge is 0.299 e. The summed E-state index contributed by atoms with van der Waals surface area (Å²) in [6.07, 6.45) is 12.0. The highest BCUT2D eigenvalue weighted by atomic mass is 17.2. The molecule has 128 valence electrons. The van der Waals surface area contributed by atoms with E-state index < -0.39 is 5.60 Å². The Morgan fingerprint density at radius 1 is 1.35 bits per heavy atom. The molecule has 3 nitrogen and oxygen atoms in total. The van der Waals surface area contributed by atoms with Crippen LogP contribution < -0.4 is 0 Å². The van der Waals surface area contributed by atoms with E-state index in [2.05, 4.69) is 32.9 Å². The van der Waals surface area contributed by atoms with Crippen molar-refractivity contribution in [3.05, 3.63) is 35.5 Å². The predicted molar refractivity (Wildman–Crippen MR) is 92.8 cm³/mol. The Labute approximate surface area is 140 Å². The number of ketones is 1. The molecule has 3 heteroatoms. The lowest BCUT2D eigenvalue weighted by Crippen LogP contribution is -2.52. The first-order valence-corrected chi connectivity index (χ1v) is 8.67. The summed E-state index contributed by atoms with van der Waals surface area (Å²) < 4.78 is 0. The van der Waals surface area contributed by atoms with Crippen molar-refractivity contribution in [3.8, 4) is 0 Å². The summed E-state index contributed by atoms with van der Waals surface area (Å²) in [5, 5.41) is 0. The van der Waals surface area contributed by atoms with Gasteiger partial charge >= 0.3 is 0 Å². The molecule has 23 heavy (non-hydrogen) atoms. The minimum absolute atomic E-state index is 0.0444. The molecule has 0 aromatic heterocycles. The second kappa shape index (κ2) is 7.59. The molecular formula is C20H30O3. The number of carbonyl (C=O) groups excluding carboxylic acids is 1. The average Bonchev–Trinajstić information content (AvgIpc) is 2.47. The fraction of sp³-hybridized carbons (Fsp3) is 0.650. The molecule has 0 N–H and O–H groups in total. The molecule has 2 rings (SSSR count). The molecule has 1 aliphatic heterocycles. The Hall–Kier alpha value is -1.19. The van der Waals surface area contributed by atoms with E-state index in [1.54, 1.807) is 0 Å². The number of fused-ring (bicyclic) bond motifs is 2. The predicted octanol–water partition coefficient (Wildman–Crippen LogP) is 4.94. The van der Waals surface area contributed by atoms with Gasteiger partial charge in [0.05, 0.1) is 0 Å². The first-order valence-electron chi connectivity index (χ1n) is 8.67. The molecule has 2 bridgehead atoms. The monoisotopic (exact) mass is 318 g/mol. The van der Waals surface area contributed by atoms with E-state index in [0.29, 0.717) is 12.2 Å². The van der Waals surface area contributed by atoms with Crippen LogP contribution in [0.4, 0.5) is 0 Å². The molecule has 2 fully saturated rings. The average molecular weight is 318 g/mol.